The first-order valence-electron chi connectivity index (χ1n) is 5.77. The number of nitrogens with one attached hydrogen (secondary N) is 1. The molecule has 0 fully saturated rings. The van der Waals surface area contributed by atoms with Crippen molar-refractivity contribution in [3.8, 4) is 0 Å². The molecule has 1 aromatic rings. The fourth-order valence-electron chi connectivity index (χ4n) is 1.59. The molecule has 0 aliphatic rings. The Kier molecular flexibility index (Phi) is 6.29. The van der Waals surface area contributed by atoms with Crippen LogP contribution in [0.5, 0.6) is 0 Å². The molecule has 0 aliphatic carbocycles. The van der Waals surface area contributed by atoms with Crippen molar-refractivity contribution in [2.75, 3.05) is 6.54 Å². The number of alkyl halides is 1. The quantitative estimate of drug-likeness (QED) is 0.764. The highest BCUT2D eigenvalue weighted by Gasteiger charge is 2.11. The Labute approximate surface area is 124 Å². The molecule has 5 heteroatoms. The van der Waals surface area contributed by atoms with Crippen LogP contribution in [0.2, 0.25) is 0 Å². The third-order valence-corrected chi connectivity index (χ3v) is 3.49. The number of benzene rings is 1. The van der Waals surface area contributed by atoms with Crippen LogP contribution in [0.25, 0.3) is 0 Å². The van der Waals surface area contributed by atoms with Gasteiger partial charge in [-0.25, -0.2) is 4.39 Å². The van der Waals surface area contributed by atoms with Gasteiger partial charge in [-0.05, 0) is 30.5 Å². The zero-order valence-electron chi connectivity index (χ0n) is 10.3. The minimum atomic E-state index is -0.424. The van der Waals surface area contributed by atoms with Gasteiger partial charge in [0.2, 0.25) is 0 Å². The van der Waals surface area contributed by atoms with Crippen LogP contribution in [0.1, 0.15) is 30.6 Å². The minimum Gasteiger partial charge on any atom is -0.351 e. The lowest BCUT2D eigenvalue weighted by Crippen LogP contribution is -2.30. The van der Waals surface area contributed by atoms with Gasteiger partial charge in [-0.2, -0.15) is 0 Å². The fraction of sp³-hybridized carbons (Fsp3) is 0.462. The molecule has 0 radical (unpaired) electrons. The summed E-state index contributed by atoms with van der Waals surface area (Å²) in [5, 5.41) is 2.79. The van der Waals surface area contributed by atoms with E-state index in [0.717, 1.165) is 6.42 Å². The highest BCUT2D eigenvalue weighted by Crippen LogP contribution is 2.15. The average Bonchev–Trinajstić information content (AvgIpc) is 2.23. The van der Waals surface area contributed by atoms with Gasteiger partial charge in [0.05, 0.1) is 0 Å². The highest BCUT2D eigenvalue weighted by atomic mass is 79.9. The molecule has 18 heavy (non-hydrogen) atoms. The van der Waals surface area contributed by atoms with Gasteiger partial charge in [-0.15, -0.1) is 0 Å². The van der Waals surface area contributed by atoms with Crippen molar-refractivity contribution >= 4 is 37.8 Å². The third-order valence-electron chi connectivity index (χ3n) is 2.34. The molecular weight excluding hydrogens is 365 g/mol. The summed E-state index contributed by atoms with van der Waals surface area (Å²) in [6.45, 7) is 4.78. The molecule has 1 atom stereocenters. The van der Waals surface area contributed by atoms with E-state index in [9.17, 15) is 9.18 Å². The summed E-state index contributed by atoms with van der Waals surface area (Å²) in [6, 6.07) is 4.15. The van der Waals surface area contributed by atoms with Crippen molar-refractivity contribution in [2.45, 2.75) is 25.1 Å². The predicted octanol–water partition coefficient (Wildman–Crippen LogP) is 4.13. The topological polar surface area (TPSA) is 29.1 Å². The number of hydrogen-bond acceptors (Lipinski definition) is 1. The van der Waals surface area contributed by atoms with Crippen LogP contribution in [0, 0.1) is 11.7 Å². The van der Waals surface area contributed by atoms with Crippen LogP contribution in [-0.2, 0) is 0 Å². The second kappa shape index (κ2) is 7.24. The maximum Gasteiger partial charge on any atom is 0.251 e. The standard InChI is InChI=1S/C13H16Br2FNO/c1-8(2)3-11(15)7-17-13(18)9-4-10(14)6-12(16)5-9/h4-6,8,11H,3,7H2,1-2H3,(H,17,18). The molecule has 1 aromatic carbocycles. The lowest BCUT2D eigenvalue weighted by Gasteiger charge is -2.13. The molecule has 0 bridgehead atoms. The van der Waals surface area contributed by atoms with Crippen molar-refractivity contribution in [1.29, 1.82) is 0 Å². The van der Waals surface area contributed by atoms with Crippen molar-refractivity contribution in [3.63, 3.8) is 0 Å². The van der Waals surface area contributed by atoms with Crippen LogP contribution in [0.3, 0.4) is 0 Å². The van der Waals surface area contributed by atoms with Crippen LogP contribution >= 0.6 is 31.9 Å². The second-order valence-corrected chi connectivity index (χ2v) is 6.81. The summed E-state index contributed by atoms with van der Waals surface area (Å²) in [6.07, 6.45) is 0.979. The molecule has 0 heterocycles. The first kappa shape index (κ1) is 15.6. The first-order valence-corrected chi connectivity index (χ1v) is 7.47. The third kappa shape index (κ3) is 5.48. The van der Waals surface area contributed by atoms with Gasteiger partial charge in [-0.1, -0.05) is 45.7 Å². The Hall–Kier alpha value is -0.420. The molecule has 0 spiro atoms. The fourth-order valence-corrected chi connectivity index (χ4v) is 2.96. The van der Waals surface area contributed by atoms with Gasteiger partial charge < -0.3 is 5.32 Å². The number of amides is 1. The largest absolute Gasteiger partial charge is 0.351 e. The molecule has 100 valence electrons. The highest BCUT2D eigenvalue weighted by molar-refractivity contribution is 9.10. The van der Waals surface area contributed by atoms with E-state index < -0.39 is 5.82 Å². The van der Waals surface area contributed by atoms with Gasteiger partial charge in [0.1, 0.15) is 5.82 Å². The van der Waals surface area contributed by atoms with E-state index in [1.54, 1.807) is 6.07 Å². The van der Waals surface area contributed by atoms with Crippen molar-refractivity contribution < 1.29 is 9.18 Å². The first-order chi connectivity index (χ1) is 8.38. The zero-order valence-corrected chi connectivity index (χ0v) is 13.5. The summed E-state index contributed by atoms with van der Waals surface area (Å²) in [5.74, 6) is -0.120. The average molecular weight is 381 g/mol. The Morgan fingerprint density at radius 1 is 1.39 bits per heavy atom. The molecule has 0 saturated heterocycles. The summed E-state index contributed by atoms with van der Waals surface area (Å²) >= 11 is 6.68. The van der Waals surface area contributed by atoms with E-state index in [0.29, 0.717) is 22.5 Å². The number of hydrogen-bond donors (Lipinski definition) is 1. The Balaban J connectivity index is 2.55. The number of halogens is 3. The molecule has 1 N–H and O–H groups in total. The molecule has 0 aliphatic heterocycles. The maximum absolute atomic E-state index is 13.1. The Morgan fingerprint density at radius 3 is 2.61 bits per heavy atom. The van der Waals surface area contributed by atoms with E-state index in [1.807, 2.05) is 0 Å². The lowest BCUT2D eigenvalue weighted by molar-refractivity contribution is 0.0953. The van der Waals surface area contributed by atoms with Gasteiger partial charge in [0.25, 0.3) is 5.91 Å². The maximum atomic E-state index is 13.1. The summed E-state index contributed by atoms with van der Waals surface area (Å²) in [5.41, 5.74) is 0.325. The lowest BCUT2D eigenvalue weighted by atomic mass is 10.1. The van der Waals surface area contributed by atoms with Crippen LogP contribution in [-0.4, -0.2) is 17.3 Å². The summed E-state index contributed by atoms with van der Waals surface area (Å²) in [7, 11) is 0. The Bertz CT molecular complexity index is 403. The smallest absolute Gasteiger partial charge is 0.251 e. The number of carbonyl (C=O) groups excluding carboxylic acids is 1. The van der Waals surface area contributed by atoms with E-state index in [-0.39, 0.29) is 10.7 Å². The van der Waals surface area contributed by atoms with Gasteiger partial charge >= 0.3 is 0 Å². The Morgan fingerprint density at radius 2 is 2.06 bits per heavy atom. The molecule has 1 unspecified atom stereocenters. The zero-order chi connectivity index (χ0) is 13.7. The summed E-state index contributed by atoms with van der Waals surface area (Å²) in [4.78, 5) is 12.1. The van der Waals surface area contributed by atoms with Gasteiger partial charge in [0, 0.05) is 21.4 Å². The van der Waals surface area contributed by atoms with Gasteiger partial charge in [-0.3, -0.25) is 4.79 Å². The molecule has 0 aromatic heterocycles. The van der Waals surface area contributed by atoms with E-state index in [1.165, 1.54) is 12.1 Å². The molecule has 1 rings (SSSR count). The second-order valence-electron chi connectivity index (χ2n) is 4.59. The molecular formula is C13H16Br2FNO. The van der Waals surface area contributed by atoms with Crippen LogP contribution in [0.4, 0.5) is 4.39 Å². The molecule has 2 nitrogen and oxygen atoms in total. The normalized spacial score (nSPS) is 12.6. The molecule has 1 amide bonds. The van der Waals surface area contributed by atoms with E-state index in [4.69, 9.17) is 0 Å². The van der Waals surface area contributed by atoms with Crippen LogP contribution in [0.15, 0.2) is 22.7 Å². The van der Waals surface area contributed by atoms with Gasteiger partial charge in [0.15, 0.2) is 0 Å². The number of carbonyl (C=O) groups is 1. The predicted molar refractivity (Wildman–Crippen MR) is 78.6 cm³/mol. The van der Waals surface area contributed by atoms with E-state index >= 15 is 0 Å². The molecule has 0 saturated carbocycles. The monoisotopic (exact) mass is 379 g/mol. The van der Waals surface area contributed by atoms with E-state index in [2.05, 4.69) is 51.0 Å². The summed E-state index contributed by atoms with van der Waals surface area (Å²) < 4.78 is 13.7. The van der Waals surface area contributed by atoms with Crippen molar-refractivity contribution in [2.24, 2.45) is 5.92 Å². The van der Waals surface area contributed by atoms with Crippen LogP contribution < -0.4 is 5.32 Å². The van der Waals surface area contributed by atoms with Crippen molar-refractivity contribution in [1.82, 2.24) is 5.32 Å². The van der Waals surface area contributed by atoms with Crippen molar-refractivity contribution in [3.05, 3.63) is 34.1 Å². The minimum absolute atomic E-state index is 0.235. The SMILES string of the molecule is CC(C)CC(Br)CNC(=O)c1cc(F)cc(Br)c1. The number of rotatable bonds is 5.